The van der Waals surface area contributed by atoms with Crippen LogP contribution in [0.5, 0.6) is 0 Å². The number of benzene rings is 8. The second-order valence-corrected chi connectivity index (χ2v) is 14.3. The molecule has 0 amide bonds. The standard InChI is InChI=1S/C54H37N4/c1-3-17-38(18-4-1)45-26-16-27-46(39-19-5-2-6-20-39)54(45)57-37-56(50-29-11-12-30-51(50)57)42-22-15-21-40(35-42)43-23-7-8-24-44(43)41-32-33-48-47-25-9-10-28-49(47)58(52(48)36-41)53-31-13-14-34-55-53/h1-37H/q+1/i1D,3D,4D,17D,18D. The van der Waals surface area contributed by atoms with Crippen LogP contribution in [0.4, 0.5) is 0 Å². The summed E-state index contributed by atoms with van der Waals surface area (Å²) in [6.07, 6.45) is 3.87. The van der Waals surface area contributed by atoms with Gasteiger partial charge in [0.1, 0.15) is 17.2 Å². The fourth-order valence-electron chi connectivity index (χ4n) is 8.42. The highest BCUT2D eigenvalue weighted by molar-refractivity contribution is 6.10. The molecule has 8 aromatic carbocycles. The molecule has 0 saturated heterocycles. The van der Waals surface area contributed by atoms with Crippen LogP contribution in [0, 0.1) is 0 Å². The lowest BCUT2D eigenvalue weighted by atomic mass is 9.93. The molecule has 272 valence electrons. The molecule has 0 saturated carbocycles. The van der Waals surface area contributed by atoms with Crippen molar-refractivity contribution in [3.8, 4) is 61.7 Å². The minimum atomic E-state index is -0.423. The predicted molar refractivity (Wildman–Crippen MR) is 239 cm³/mol. The van der Waals surface area contributed by atoms with Gasteiger partial charge in [-0.1, -0.05) is 164 Å². The SMILES string of the molecule is [2H]c1c([2H])c([2H])c(-c2cccc(-c3ccccc3)c2-[n+]2cn(-c3cccc(-c4ccccc4-c4ccc5c6ccccc6n(-c6ccccn6)c5c4)c3)c3ccccc32)c([2H])c1[2H]. The third-order valence-corrected chi connectivity index (χ3v) is 11.0. The van der Waals surface area contributed by atoms with Crippen LogP contribution in [-0.4, -0.2) is 14.1 Å². The normalized spacial score (nSPS) is 12.7. The van der Waals surface area contributed by atoms with E-state index in [0.717, 1.165) is 72.3 Å². The lowest BCUT2D eigenvalue weighted by molar-refractivity contribution is -0.566. The first kappa shape index (κ1) is 28.6. The lowest BCUT2D eigenvalue weighted by Gasteiger charge is -2.13. The van der Waals surface area contributed by atoms with Crippen LogP contribution in [0.3, 0.4) is 0 Å². The van der Waals surface area contributed by atoms with E-state index in [9.17, 15) is 0 Å². The zero-order chi connectivity index (χ0) is 42.8. The molecule has 3 aromatic heterocycles. The van der Waals surface area contributed by atoms with E-state index in [4.69, 9.17) is 11.8 Å². The van der Waals surface area contributed by atoms with Gasteiger partial charge in [0, 0.05) is 28.1 Å². The van der Waals surface area contributed by atoms with Crippen molar-refractivity contribution in [3.05, 3.63) is 225 Å². The van der Waals surface area contributed by atoms with Crippen molar-refractivity contribution in [1.82, 2.24) is 14.1 Å². The molecule has 0 aliphatic carbocycles. The number of aromatic nitrogens is 4. The molecule has 0 N–H and O–H groups in total. The molecule has 0 bridgehead atoms. The fourth-order valence-corrected chi connectivity index (χ4v) is 8.42. The summed E-state index contributed by atoms with van der Waals surface area (Å²) >= 11 is 0. The van der Waals surface area contributed by atoms with Crippen LogP contribution in [0.25, 0.3) is 94.5 Å². The Kier molecular flexibility index (Phi) is 6.91. The minimum absolute atomic E-state index is 0.148. The second kappa shape index (κ2) is 14.0. The number of hydrogen-bond donors (Lipinski definition) is 0. The maximum Gasteiger partial charge on any atom is 0.255 e. The number of imidazole rings is 1. The van der Waals surface area contributed by atoms with Crippen molar-refractivity contribution in [1.29, 1.82) is 0 Å². The van der Waals surface area contributed by atoms with Crippen LogP contribution in [0.2, 0.25) is 0 Å². The van der Waals surface area contributed by atoms with Gasteiger partial charge in [-0.3, -0.25) is 4.57 Å². The summed E-state index contributed by atoms with van der Waals surface area (Å²) in [7, 11) is 0. The largest absolute Gasteiger partial charge is 0.294 e. The summed E-state index contributed by atoms with van der Waals surface area (Å²) in [5.74, 6) is 0.866. The molecule has 4 nitrogen and oxygen atoms in total. The number of rotatable bonds is 7. The first-order chi connectivity index (χ1) is 30.9. The molecule has 0 radical (unpaired) electrons. The fraction of sp³-hybridized carbons (Fsp3) is 0. The van der Waals surface area contributed by atoms with Gasteiger partial charge in [0.25, 0.3) is 6.33 Å². The number of hydrogen-bond acceptors (Lipinski definition) is 1. The van der Waals surface area contributed by atoms with E-state index in [-0.39, 0.29) is 29.7 Å². The maximum atomic E-state index is 9.02. The molecule has 11 rings (SSSR count). The molecule has 0 aliphatic rings. The van der Waals surface area contributed by atoms with Crippen LogP contribution in [-0.2, 0) is 0 Å². The van der Waals surface area contributed by atoms with Crippen LogP contribution < -0.4 is 4.57 Å². The van der Waals surface area contributed by atoms with Gasteiger partial charge in [-0.25, -0.2) is 4.98 Å². The predicted octanol–water partition coefficient (Wildman–Crippen LogP) is 13.1. The van der Waals surface area contributed by atoms with Crippen LogP contribution >= 0.6 is 0 Å². The highest BCUT2D eigenvalue weighted by atomic mass is 15.1. The van der Waals surface area contributed by atoms with E-state index in [0.29, 0.717) is 11.3 Å². The Hall–Kier alpha value is -7.82. The van der Waals surface area contributed by atoms with Crippen molar-refractivity contribution in [2.24, 2.45) is 0 Å². The van der Waals surface area contributed by atoms with Crippen molar-refractivity contribution in [3.63, 3.8) is 0 Å². The zero-order valence-electron chi connectivity index (χ0n) is 36.3. The van der Waals surface area contributed by atoms with E-state index in [2.05, 4.69) is 117 Å². The Balaban J connectivity index is 1.09. The third-order valence-electron chi connectivity index (χ3n) is 11.0. The van der Waals surface area contributed by atoms with E-state index in [1.54, 1.807) is 0 Å². The smallest absolute Gasteiger partial charge is 0.255 e. The number of para-hydroxylation sites is 4. The molecule has 58 heavy (non-hydrogen) atoms. The summed E-state index contributed by atoms with van der Waals surface area (Å²) < 4.78 is 50.0. The van der Waals surface area contributed by atoms with Gasteiger partial charge in [-0.2, -0.15) is 9.13 Å². The van der Waals surface area contributed by atoms with Crippen molar-refractivity contribution >= 4 is 32.8 Å². The van der Waals surface area contributed by atoms with Crippen molar-refractivity contribution in [2.75, 3.05) is 0 Å². The van der Waals surface area contributed by atoms with Gasteiger partial charge in [-0.05, 0) is 81.9 Å². The Morgan fingerprint density at radius 2 is 1.09 bits per heavy atom. The summed E-state index contributed by atoms with van der Waals surface area (Å²) in [5.41, 5.74) is 12.4. The quantitative estimate of drug-likeness (QED) is 0.149. The monoisotopic (exact) mass is 746 g/mol. The number of pyridine rings is 1. The first-order valence-corrected chi connectivity index (χ1v) is 19.3. The van der Waals surface area contributed by atoms with Gasteiger partial charge in [0.2, 0.25) is 0 Å². The molecule has 0 aliphatic heterocycles. The van der Waals surface area contributed by atoms with Crippen molar-refractivity contribution in [2.45, 2.75) is 0 Å². The Bertz CT molecular complexity index is 3550. The van der Waals surface area contributed by atoms with E-state index >= 15 is 0 Å². The van der Waals surface area contributed by atoms with E-state index in [1.165, 1.54) is 5.39 Å². The summed E-state index contributed by atoms with van der Waals surface area (Å²) in [6, 6.07) is 60.4. The molecule has 0 fully saturated rings. The van der Waals surface area contributed by atoms with E-state index < -0.39 is 6.04 Å². The minimum Gasteiger partial charge on any atom is -0.294 e. The topological polar surface area (TPSA) is 26.6 Å². The highest BCUT2D eigenvalue weighted by Crippen LogP contribution is 2.39. The Morgan fingerprint density at radius 1 is 0.448 bits per heavy atom. The summed E-state index contributed by atoms with van der Waals surface area (Å²) in [5, 5.41) is 2.34. The molecule has 0 atom stereocenters. The van der Waals surface area contributed by atoms with Gasteiger partial charge >= 0.3 is 0 Å². The Morgan fingerprint density at radius 3 is 1.90 bits per heavy atom. The molecule has 0 spiro atoms. The first-order valence-electron chi connectivity index (χ1n) is 21.8. The number of nitrogens with zero attached hydrogens (tertiary/aromatic N) is 4. The molecular weight excluding hydrogens is 705 g/mol. The molecule has 4 heteroatoms. The maximum absolute atomic E-state index is 9.02. The van der Waals surface area contributed by atoms with Gasteiger partial charge < -0.3 is 0 Å². The van der Waals surface area contributed by atoms with Gasteiger partial charge in [-0.15, -0.1) is 0 Å². The highest BCUT2D eigenvalue weighted by Gasteiger charge is 2.25. The average molecular weight is 747 g/mol. The van der Waals surface area contributed by atoms with E-state index in [1.807, 2.05) is 91.4 Å². The van der Waals surface area contributed by atoms with Gasteiger partial charge in [0.15, 0.2) is 11.0 Å². The third kappa shape index (κ3) is 5.62. The lowest BCUT2D eigenvalue weighted by Crippen LogP contribution is -2.30. The molecule has 0 unspecified atom stereocenters. The Labute approximate surface area is 343 Å². The average Bonchev–Trinajstić information content (AvgIpc) is 3.89. The molecule has 3 heterocycles. The number of fused-ring (bicyclic) bond motifs is 4. The zero-order valence-corrected chi connectivity index (χ0v) is 31.3. The van der Waals surface area contributed by atoms with Gasteiger partial charge in [0.05, 0.1) is 17.9 Å². The van der Waals surface area contributed by atoms with Crippen molar-refractivity contribution < 1.29 is 11.4 Å². The summed E-state index contributed by atoms with van der Waals surface area (Å²) in [6.45, 7) is 0. The van der Waals surface area contributed by atoms with Crippen LogP contribution in [0.15, 0.2) is 225 Å². The molecule has 11 aromatic rings. The molecular formula is C54H37N4+. The van der Waals surface area contributed by atoms with Crippen LogP contribution in [0.1, 0.15) is 6.85 Å². The second-order valence-electron chi connectivity index (χ2n) is 14.3. The summed E-state index contributed by atoms with van der Waals surface area (Å²) in [4.78, 5) is 4.75.